The highest BCUT2D eigenvalue weighted by Gasteiger charge is 2.25. The molecule has 0 atom stereocenters. The van der Waals surface area contributed by atoms with Crippen molar-refractivity contribution in [3.05, 3.63) is 0 Å². The number of carbonyl (C=O) groups is 2. The number of amides is 2. The number of alkyl halides is 1. The van der Waals surface area contributed by atoms with Crippen LogP contribution in [0.3, 0.4) is 0 Å². The average molecular weight is 289 g/mol. The first-order chi connectivity index (χ1) is 9.75. The lowest BCUT2D eigenvalue weighted by Gasteiger charge is -2.15. The Labute approximate surface area is 118 Å². The molecule has 0 bridgehead atoms. The second-order valence-electron chi connectivity index (χ2n) is 4.54. The van der Waals surface area contributed by atoms with Gasteiger partial charge in [0.25, 0.3) is 0 Å². The van der Waals surface area contributed by atoms with Crippen molar-refractivity contribution in [1.29, 1.82) is 0 Å². The van der Waals surface area contributed by atoms with Gasteiger partial charge >= 0.3 is 0 Å². The van der Waals surface area contributed by atoms with Crippen molar-refractivity contribution in [2.75, 3.05) is 59.0 Å². The maximum absolute atomic E-state index is 12.8. The summed E-state index contributed by atoms with van der Waals surface area (Å²) in [6.07, 6.45) is 0. The standard InChI is InChI=1S/C12H24FN5O2/c13-9-10-11(19)17-7-5-15-3-1-14-2-4-16-6-8-18-12(10)20/h10,14-16H,1-9H2,(H,17,19)(H,18,20). The molecule has 20 heavy (non-hydrogen) atoms. The number of hydrogen-bond donors (Lipinski definition) is 5. The van der Waals surface area contributed by atoms with Crippen LogP contribution >= 0.6 is 0 Å². The molecule has 7 nitrogen and oxygen atoms in total. The lowest BCUT2D eigenvalue weighted by atomic mass is 10.1. The molecule has 0 unspecified atom stereocenters. The molecule has 0 aromatic heterocycles. The van der Waals surface area contributed by atoms with E-state index in [1.807, 2.05) is 0 Å². The lowest BCUT2D eigenvalue weighted by molar-refractivity contribution is -0.135. The molecule has 1 heterocycles. The average Bonchev–Trinajstić information content (AvgIpc) is 2.43. The lowest BCUT2D eigenvalue weighted by Crippen LogP contribution is -2.46. The van der Waals surface area contributed by atoms with Gasteiger partial charge in [0.1, 0.15) is 12.6 Å². The van der Waals surface area contributed by atoms with E-state index in [0.717, 1.165) is 26.2 Å². The topological polar surface area (TPSA) is 94.3 Å². The normalized spacial score (nSPS) is 22.1. The first kappa shape index (κ1) is 16.8. The maximum Gasteiger partial charge on any atom is 0.235 e. The predicted molar refractivity (Wildman–Crippen MR) is 74.1 cm³/mol. The maximum atomic E-state index is 12.8. The minimum Gasteiger partial charge on any atom is -0.354 e. The summed E-state index contributed by atoms with van der Waals surface area (Å²) in [5.41, 5.74) is 0. The molecule has 1 fully saturated rings. The van der Waals surface area contributed by atoms with Gasteiger partial charge in [-0.25, -0.2) is 4.39 Å². The fraction of sp³-hybridized carbons (Fsp3) is 0.833. The summed E-state index contributed by atoms with van der Waals surface area (Å²) in [4.78, 5) is 23.4. The molecule has 1 rings (SSSR count). The Morgan fingerprint density at radius 2 is 1.10 bits per heavy atom. The van der Waals surface area contributed by atoms with Crippen LogP contribution in [0.1, 0.15) is 0 Å². The highest BCUT2D eigenvalue weighted by molar-refractivity contribution is 6.00. The van der Waals surface area contributed by atoms with Crippen LogP contribution in [-0.4, -0.2) is 70.8 Å². The molecule has 116 valence electrons. The van der Waals surface area contributed by atoms with Crippen LogP contribution < -0.4 is 26.6 Å². The summed E-state index contributed by atoms with van der Waals surface area (Å²) < 4.78 is 12.8. The van der Waals surface area contributed by atoms with Crippen LogP contribution in [0.15, 0.2) is 0 Å². The van der Waals surface area contributed by atoms with E-state index in [1.165, 1.54) is 0 Å². The number of rotatable bonds is 1. The fourth-order valence-electron chi connectivity index (χ4n) is 1.78. The molecule has 0 aromatic carbocycles. The SMILES string of the molecule is O=C1NCCNCCNCCNCCNC(=O)C1CF. The summed E-state index contributed by atoms with van der Waals surface area (Å²) in [6.45, 7) is 4.24. The molecule has 0 aliphatic carbocycles. The van der Waals surface area contributed by atoms with Crippen molar-refractivity contribution in [3.8, 4) is 0 Å². The Bertz CT molecular complexity index is 278. The number of nitrogens with one attached hydrogen (secondary N) is 5. The monoisotopic (exact) mass is 289 g/mol. The van der Waals surface area contributed by atoms with Gasteiger partial charge < -0.3 is 26.6 Å². The third-order valence-corrected chi connectivity index (χ3v) is 2.95. The predicted octanol–water partition coefficient (Wildman–Crippen LogP) is -2.41. The van der Waals surface area contributed by atoms with Gasteiger partial charge in [-0.1, -0.05) is 0 Å². The third kappa shape index (κ3) is 6.78. The first-order valence-electron chi connectivity index (χ1n) is 6.99. The molecular weight excluding hydrogens is 265 g/mol. The molecule has 2 amide bonds. The van der Waals surface area contributed by atoms with Gasteiger partial charge in [-0.15, -0.1) is 0 Å². The summed E-state index contributed by atoms with van der Waals surface area (Å²) >= 11 is 0. The smallest absolute Gasteiger partial charge is 0.235 e. The Morgan fingerprint density at radius 3 is 1.45 bits per heavy atom. The molecule has 0 aromatic rings. The molecule has 0 radical (unpaired) electrons. The molecule has 1 aliphatic rings. The Kier molecular flexibility index (Phi) is 8.84. The van der Waals surface area contributed by atoms with E-state index < -0.39 is 24.4 Å². The highest BCUT2D eigenvalue weighted by atomic mass is 19.1. The van der Waals surface area contributed by atoms with Crippen LogP contribution in [0, 0.1) is 5.92 Å². The van der Waals surface area contributed by atoms with Gasteiger partial charge in [0, 0.05) is 52.4 Å². The molecular formula is C12H24FN5O2. The molecule has 1 saturated heterocycles. The van der Waals surface area contributed by atoms with Crippen molar-refractivity contribution in [3.63, 3.8) is 0 Å². The van der Waals surface area contributed by atoms with Crippen LogP contribution in [0.25, 0.3) is 0 Å². The van der Waals surface area contributed by atoms with E-state index in [1.54, 1.807) is 0 Å². The second-order valence-corrected chi connectivity index (χ2v) is 4.54. The minimum atomic E-state index is -1.26. The van der Waals surface area contributed by atoms with Crippen LogP contribution in [0.2, 0.25) is 0 Å². The largest absolute Gasteiger partial charge is 0.354 e. The zero-order valence-corrected chi connectivity index (χ0v) is 11.6. The zero-order chi connectivity index (χ0) is 14.6. The van der Waals surface area contributed by atoms with Crippen molar-refractivity contribution >= 4 is 11.8 Å². The van der Waals surface area contributed by atoms with E-state index in [4.69, 9.17) is 0 Å². The van der Waals surface area contributed by atoms with Gasteiger partial charge in [0.15, 0.2) is 0 Å². The molecule has 1 aliphatic heterocycles. The van der Waals surface area contributed by atoms with Crippen LogP contribution in [-0.2, 0) is 9.59 Å². The van der Waals surface area contributed by atoms with Crippen molar-refractivity contribution in [2.24, 2.45) is 5.92 Å². The molecule has 0 saturated carbocycles. The van der Waals surface area contributed by atoms with Crippen molar-refractivity contribution < 1.29 is 14.0 Å². The fourth-order valence-corrected chi connectivity index (χ4v) is 1.78. The summed E-state index contributed by atoms with van der Waals surface area (Å²) in [7, 11) is 0. The van der Waals surface area contributed by atoms with E-state index in [-0.39, 0.29) is 0 Å². The summed E-state index contributed by atoms with van der Waals surface area (Å²) in [5, 5.41) is 14.6. The zero-order valence-electron chi connectivity index (χ0n) is 11.6. The second kappa shape index (κ2) is 10.5. The number of hydrogen-bond acceptors (Lipinski definition) is 5. The van der Waals surface area contributed by atoms with Crippen LogP contribution in [0.4, 0.5) is 4.39 Å². The van der Waals surface area contributed by atoms with E-state index in [9.17, 15) is 14.0 Å². The number of carbonyl (C=O) groups excluding carboxylic acids is 2. The van der Waals surface area contributed by atoms with Gasteiger partial charge in [0.05, 0.1) is 0 Å². The number of halogens is 1. The molecule has 8 heteroatoms. The summed E-state index contributed by atoms with van der Waals surface area (Å²) in [5.74, 6) is -2.39. The van der Waals surface area contributed by atoms with Crippen molar-refractivity contribution in [2.45, 2.75) is 0 Å². The van der Waals surface area contributed by atoms with Gasteiger partial charge in [-0.05, 0) is 0 Å². The molecule has 5 N–H and O–H groups in total. The van der Waals surface area contributed by atoms with E-state index in [2.05, 4.69) is 26.6 Å². The third-order valence-electron chi connectivity index (χ3n) is 2.95. The Hall–Kier alpha value is -1.25. The molecule has 0 spiro atoms. The Morgan fingerprint density at radius 1 is 0.750 bits per heavy atom. The van der Waals surface area contributed by atoms with Gasteiger partial charge in [-0.3, -0.25) is 9.59 Å². The Balaban J connectivity index is 2.42. The first-order valence-corrected chi connectivity index (χ1v) is 6.99. The highest BCUT2D eigenvalue weighted by Crippen LogP contribution is 1.98. The van der Waals surface area contributed by atoms with E-state index in [0.29, 0.717) is 26.2 Å². The van der Waals surface area contributed by atoms with Crippen LogP contribution in [0.5, 0.6) is 0 Å². The quantitative estimate of drug-likeness (QED) is 0.347. The van der Waals surface area contributed by atoms with E-state index >= 15 is 0 Å². The minimum absolute atomic E-state index is 0.379. The van der Waals surface area contributed by atoms with Gasteiger partial charge in [-0.2, -0.15) is 0 Å². The summed E-state index contributed by atoms with van der Waals surface area (Å²) in [6, 6.07) is 0. The van der Waals surface area contributed by atoms with Gasteiger partial charge in [0.2, 0.25) is 11.8 Å². The van der Waals surface area contributed by atoms with Crippen molar-refractivity contribution in [1.82, 2.24) is 26.6 Å².